The third-order valence-electron chi connectivity index (χ3n) is 2.59. The third kappa shape index (κ3) is 3.87. The predicted octanol–water partition coefficient (Wildman–Crippen LogP) is 3.29. The smallest absolute Gasteiger partial charge is 0.273 e. The number of aromatic nitrogens is 2. The lowest BCUT2D eigenvalue weighted by atomic mass is 10.2. The first kappa shape index (κ1) is 15.1. The molecule has 0 bridgehead atoms. The van der Waals surface area contributed by atoms with Gasteiger partial charge < -0.3 is 9.47 Å². The molecule has 0 radical (unpaired) electrons. The van der Waals surface area contributed by atoms with Crippen molar-refractivity contribution in [3.8, 4) is 11.6 Å². The molecule has 1 aromatic heterocycles. The molecule has 7 nitrogen and oxygen atoms in total. The minimum absolute atomic E-state index is 0.0622. The number of hydrogen-bond acceptors (Lipinski definition) is 6. The van der Waals surface area contributed by atoms with E-state index in [0.29, 0.717) is 11.6 Å². The highest BCUT2D eigenvalue weighted by molar-refractivity contribution is 6.29. The zero-order chi connectivity index (χ0) is 15.4. The quantitative estimate of drug-likeness (QED) is 0.478. The number of methoxy groups -OCH3 is 1. The second-order valence-electron chi connectivity index (χ2n) is 4.19. The number of nitro groups is 1. The van der Waals surface area contributed by atoms with Crippen LogP contribution in [0.3, 0.4) is 0 Å². The van der Waals surface area contributed by atoms with E-state index in [0.717, 1.165) is 5.56 Å². The van der Waals surface area contributed by atoms with Crippen LogP contribution in [0.2, 0.25) is 5.15 Å². The minimum Gasteiger partial charge on any atom is -0.438 e. The van der Waals surface area contributed by atoms with Crippen molar-refractivity contribution >= 4 is 17.3 Å². The maximum Gasteiger partial charge on any atom is 0.273 e. The Morgan fingerprint density at radius 3 is 2.76 bits per heavy atom. The maximum atomic E-state index is 10.8. The molecular formula is C13H12ClN3O4. The van der Waals surface area contributed by atoms with Crippen molar-refractivity contribution in [3.63, 3.8) is 0 Å². The fourth-order valence-corrected chi connectivity index (χ4v) is 1.80. The van der Waals surface area contributed by atoms with Crippen LogP contribution in [-0.4, -0.2) is 22.0 Å². The predicted molar refractivity (Wildman–Crippen MR) is 75.7 cm³/mol. The number of non-ortho nitro benzene ring substituents is 1. The Kier molecular flexibility index (Phi) is 4.66. The lowest BCUT2D eigenvalue weighted by molar-refractivity contribution is -0.384. The lowest BCUT2D eigenvalue weighted by Crippen LogP contribution is -2.00. The average molecular weight is 310 g/mol. The number of benzene rings is 1. The van der Waals surface area contributed by atoms with Crippen LogP contribution < -0.4 is 4.74 Å². The zero-order valence-electron chi connectivity index (χ0n) is 11.4. The summed E-state index contributed by atoms with van der Waals surface area (Å²) < 4.78 is 10.5. The van der Waals surface area contributed by atoms with Gasteiger partial charge >= 0.3 is 0 Å². The molecular weight excluding hydrogens is 298 g/mol. The molecule has 0 saturated heterocycles. The van der Waals surface area contributed by atoms with Gasteiger partial charge in [0.25, 0.3) is 5.69 Å². The molecule has 0 aliphatic carbocycles. The van der Waals surface area contributed by atoms with Crippen molar-refractivity contribution in [1.82, 2.24) is 9.97 Å². The highest BCUT2D eigenvalue weighted by Crippen LogP contribution is 2.28. The van der Waals surface area contributed by atoms with Crippen molar-refractivity contribution in [2.45, 2.75) is 13.5 Å². The van der Waals surface area contributed by atoms with Crippen molar-refractivity contribution in [2.75, 3.05) is 7.11 Å². The zero-order valence-corrected chi connectivity index (χ0v) is 12.1. The van der Waals surface area contributed by atoms with Gasteiger partial charge in [-0.3, -0.25) is 10.1 Å². The van der Waals surface area contributed by atoms with E-state index in [4.69, 9.17) is 21.1 Å². The van der Waals surface area contributed by atoms with Crippen LogP contribution in [0.5, 0.6) is 11.6 Å². The lowest BCUT2D eigenvalue weighted by Gasteiger charge is -2.09. The maximum absolute atomic E-state index is 10.8. The number of ether oxygens (including phenoxy) is 2. The van der Waals surface area contributed by atoms with Gasteiger partial charge in [0.2, 0.25) is 5.88 Å². The standard InChI is InChI=1S/C13H12ClN3O4/c1-8-3-4-9(17(18)19)5-10(8)21-13-6-11(14)15-12(16-13)7-20-2/h3-6H,7H2,1-2H3. The summed E-state index contributed by atoms with van der Waals surface area (Å²) in [5, 5.41) is 11.0. The van der Waals surface area contributed by atoms with Gasteiger partial charge in [0.05, 0.1) is 11.0 Å². The largest absolute Gasteiger partial charge is 0.438 e. The van der Waals surface area contributed by atoms with E-state index in [-0.39, 0.29) is 23.3 Å². The Bertz CT molecular complexity index is 678. The van der Waals surface area contributed by atoms with Gasteiger partial charge in [0, 0.05) is 19.2 Å². The fourth-order valence-electron chi connectivity index (χ4n) is 1.61. The van der Waals surface area contributed by atoms with Gasteiger partial charge in [-0.25, -0.2) is 4.98 Å². The molecule has 110 valence electrons. The van der Waals surface area contributed by atoms with E-state index in [2.05, 4.69) is 9.97 Å². The van der Waals surface area contributed by atoms with Crippen molar-refractivity contribution in [3.05, 3.63) is 50.9 Å². The first-order chi connectivity index (χ1) is 9.99. The number of nitro benzene ring substituents is 1. The Hall–Kier alpha value is -2.25. The summed E-state index contributed by atoms with van der Waals surface area (Å²) in [6.07, 6.45) is 0. The summed E-state index contributed by atoms with van der Waals surface area (Å²) in [6, 6.07) is 5.78. The highest BCUT2D eigenvalue weighted by atomic mass is 35.5. The summed E-state index contributed by atoms with van der Waals surface area (Å²) in [6.45, 7) is 1.96. The summed E-state index contributed by atoms with van der Waals surface area (Å²) in [7, 11) is 1.51. The molecule has 21 heavy (non-hydrogen) atoms. The molecule has 1 heterocycles. The second kappa shape index (κ2) is 6.47. The van der Waals surface area contributed by atoms with Crippen LogP contribution in [0.15, 0.2) is 24.3 Å². The Morgan fingerprint density at radius 1 is 1.33 bits per heavy atom. The molecule has 0 aliphatic heterocycles. The minimum atomic E-state index is -0.490. The van der Waals surface area contributed by atoms with E-state index in [9.17, 15) is 10.1 Å². The van der Waals surface area contributed by atoms with Gasteiger partial charge in [-0.05, 0) is 18.6 Å². The molecule has 0 fully saturated rings. The normalized spacial score (nSPS) is 10.4. The highest BCUT2D eigenvalue weighted by Gasteiger charge is 2.12. The van der Waals surface area contributed by atoms with Gasteiger partial charge in [0.15, 0.2) is 5.82 Å². The molecule has 0 amide bonds. The first-order valence-corrected chi connectivity index (χ1v) is 6.32. The van der Waals surface area contributed by atoms with Gasteiger partial charge in [-0.15, -0.1) is 0 Å². The van der Waals surface area contributed by atoms with E-state index in [1.807, 2.05) is 0 Å². The molecule has 0 N–H and O–H groups in total. The first-order valence-electron chi connectivity index (χ1n) is 5.95. The van der Waals surface area contributed by atoms with Crippen LogP contribution in [0.4, 0.5) is 5.69 Å². The van der Waals surface area contributed by atoms with Crippen LogP contribution in [-0.2, 0) is 11.3 Å². The van der Waals surface area contributed by atoms with Crippen LogP contribution in [0.25, 0.3) is 0 Å². The number of hydrogen-bond donors (Lipinski definition) is 0. The molecule has 2 aromatic rings. The second-order valence-corrected chi connectivity index (χ2v) is 4.57. The molecule has 0 spiro atoms. The number of rotatable bonds is 5. The number of nitrogens with zero attached hydrogens (tertiary/aromatic N) is 3. The fraction of sp³-hybridized carbons (Fsp3) is 0.231. The molecule has 8 heteroatoms. The summed E-state index contributed by atoms with van der Waals surface area (Å²) >= 11 is 5.88. The van der Waals surface area contributed by atoms with Crippen LogP contribution in [0, 0.1) is 17.0 Å². The number of halogens is 1. The van der Waals surface area contributed by atoms with E-state index in [1.165, 1.54) is 25.3 Å². The van der Waals surface area contributed by atoms with E-state index < -0.39 is 4.92 Å². The summed E-state index contributed by atoms with van der Waals surface area (Å²) in [5.74, 6) is 0.899. The Morgan fingerprint density at radius 2 is 2.10 bits per heavy atom. The number of aryl methyl sites for hydroxylation is 1. The van der Waals surface area contributed by atoms with E-state index >= 15 is 0 Å². The van der Waals surface area contributed by atoms with Gasteiger partial charge in [-0.1, -0.05) is 11.6 Å². The van der Waals surface area contributed by atoms with Gasteiger partial charge in [-0.2, -0.15) is 4.98 Å². The molecule has 1 aromatic carbocycles. The van der Waals surface area contributed by atoms with E-state index in [1.54, 1.807) is 13.0 Å². The average Bonchev–Trinajstić information content (AvgIpc) is 2.40. The summed E-state index contributed by atoms with van der Waals surface area (Å²) in [4.78, 5) is 18.4. The Balaban J connectivity index is 2.33. The summed E-state index contributed by atoms with van der Waals surface area (Å²) in [5.41, 5.74) is 0.677. The van der Waals surface area contributed by atoms with Crippen LogP contribution in [0.1, 0.15) is 11.4 Å². The van der Waals surface area contributed by atoms with Crippen molar-refractivity contribution in [2.24, 2.45) is 0 Å². The van der Waals surface area contributed by atoms with Gasteiger partial charge in [0.1, 0.15) is 17.5 Å². The SMILES string of the molecule is COCc1nc(Cl)cc(Oc2cc([N+](=O)[O-])ccc2C)n1. The van der Waals surface area contributed by atoms with Crippen LogP contribution >= 0.6 is 11.6 Å². The monoisotopic (exact) mass is 309 g/mol. The molecule has 0 unspecified atom stereocenters. The van der Waals surface area contributed by atoms with Crippen molar-refractivity contribution < 1.29 is 14.4 Å². The molecule has 2 rings (SSSR count). The van der Waals surface area contributed by atoms with Crippen molar-refractivity contribution in [1.29, 1.82) is 0 Å². The molecule has 0 aliphatic rings. The Labute approximate surface area is 125 Å². The topological polar surface area (TPSA) is 87.4 Å². The molecule has 0 atom stereocenters. The molecule has 0 saturated carbocycles. The third-order valence-corrected chi connectivity index (χ3v) is 2.78.